The average molecular weight is 292 g/mol. The Bertz CT molecular complexity index is 489. The van der Waals surface area contributed by atoms with E-state index in [4.69, 9.17) is 0 Å². The lowest BCUT2D eigenvalue weighted by atomic mass is 10.1. The molecule has 84 valence electrons. The van der Waals surface area contributed by atoms with Crippen LogP contribution in [0.3, 0.4) is 0 Å². The van der Waals surface area contributed by atoms with Gasteiger partial charge in [-0.15, -0.1) is 5.10 Å². The first kappa shape index (κ1) is 11.1. The Morgan fingerprint density at radius 3 is 2.12 bits per heavy atom. The van der Waals surface area contributed by atoms with Crippen LogP contribution in [0, 0.1) is 0 Å². The fourth-order valence-corrected chi connectivity index (χ4v) is 1.62. The van der Waals surface area contributed by atoms with Crippen LogP contribution in [0.2, 0.25) is 0 Å². The maximum Gasteiger partial charge on any atom is 0.416 e. The van der Waals surface area contributed by atoms with Gasteiger partial charge < -0.3 is 0 Å². The second-order valence-corrected chi connectivity index (χ2v) is 3.79. The van der Waals surface area contributed by atoms with Gasteiger partial charge in [-0.1, -0.05) is 12.1 Å². The van der Waals surface area contributed by atoms with Crippen molar-refractivity contribution in [1.29, 1.82) is 0 Å². The van der Waals surface area contributed by atoms with Gasteiger partial charge in [0.15, 0.2) is 4.60 Å². The van der Waals surface area contributed by atoms with Crippen molar-refractivity contribution >= 4 is 15.9 Å². The molecule has 0 unspecified atom stereocenters. The van der Waals surface area contributed by atoms with E-state index in [9.17, 15) is 13.2 Å². The van der Waals surface area contributed by atoms with Gasteiger partial charge >= 0.3 is 6.18 Å². The second-order valence-electron chi connectivity index (χ2n) is 3.04. The number of aromatic nitrogens is 3. The van der Waals surface area contributed by atoms with Crippen molar-refractivity contribution in [2.24, 2.45) is 0 Å². The summed E-state index contributed by atoms with van der Waals surface area (Å²) in [5.74, 6) is 0. The number of H-pyrrole nitrogens is 1. The van der Waals surface area contributed by atoms with Crippen molar-refractivity contribution in [2.45, 2.75) is 6.18 Å². The molecule has 2 rings (SSSR count). The van der Waals surface area contributed by atoms with E-state index in [-0.39, 0.29) is 0 Å². The zero-order chi connectivity index (χ0) is 11.8. The summed E-state index contributed by atoms with van der Waals surface area (Å²) in [5, 5.41) is 9.91. The van der Waals surface area contributed by atoms with Crippen LogP contribution in [0.4, 0.5) is 13.2 Å². The topological polar surface area (TPSA) is 41.6 Å². The lowest BCUT2D eigenvalue weighted by molar-refractivity contribution is -0.137. The predicted molar refractivity (Wildman–Crippen MR) is 54.5 cm³/mol. The summed E-state index contributed by atoms with van der Waals surface area (Å²) < 4.78 is 37.4. The molecule has 0 spiro atoms. The smallest absolute Gasteiger partial charge is 0.196 e. The summed E-state index contributed by atoms with van der Waals surface area (Å²) in [5.41, 5.74) is 0.359. The number of aromatic amines is 1. The van der Waals surface area contributed by atoms with E-state index in [0.717, 1.165) is 12.1 Å². The Morgan fingerprint density at radius 2 is 1.69 bits per heavy atom. The van der Waals surface area contributed by atoms with Gasteiger partial charge in [0, 0.05) is 5.56 Å². The standard InChI is InChI=1S/C9H5BrF3N3/c10-8-7(14-16-15-8)5-1-3-6(4-2-5)9(11,12)13/h1-4H,(H,14,15,16). The summed E-state index contributed by atoms with van der Waals surface area (Å²) in [7, 11) is 0. The monoisotopic (exact) mass is 291 g/mol. The van der Waals surface area contributed by atoms with Crippen LogP contribution in [0.1, 0.15) is 5.56 Å². The van der Waals surface area contributed by atoms with Gasteiger partial charge in [-0.05, 0) is 28.1 Å². The zero-order valence-corrected chi connectivity index (χ0v) is 9.30. The van der Waals surface area contributed by atoms with Gasteiger partial charge in [-0.3, -0.25) is 0 Å². The lowest BCUT2D eigenvalue weighted by Gasteiger charge is -2.06. The third-order valence-electron chi connectivity index (χ3n) is 1.99. The number of rotatable bonds is 1. The first-order valence-electron chi connectivity index (χ1n) is 4.22. The normalized spacial score (nSPS) is 11.8. The molecule has 1 aromatic carbocycles. The highest BCUT2D eigenvalue weighted by Crippen LogP contribution is 2.31. The summed E-state index contributed by atoms with van der Waals surface area (Å²) in [6.45, 7) is 0. The Balaban J connectivity index is 2.37. The van der Waals surface area contributed by atoms with Gasteiger partial charge in [0.1, 0.15) is 5.69 Å². The molecule has 0 aliphatic carbocycles. The van der Waals surface area contributed by atoms with Crippen molar-refractivity contribution in [3.05, 3.63) is 34.4 Å². The number of benzene rings is 1. The molecule has 0 atom stereocenters. The summed E-state index contributed by atoms with van der Waals surface area (Å²) in [6, 6.07) is 4.73. The van der Waals surface area contributed by atoms with E-state index < -0.39 is 11.7 Å². The number of halogens is 4. The van der Waals surface area contributed by atoms with Crippen LogP contribution < -0.4 is 0 Å². The molecule has 0 saturated carbocycles. The van der Waals surface area contributed by atoms with Crippen LogP contribution in [0.5, 0.6) is 0 Å². The van der Waals surface area contributed by atoms with Crippen LogP contribution in [-0.2, 0) is 6.18 Å². The molecule has 0 aliphatic rings. The third-order valence-corrected chi connectivity index (χ3v) is 2.54. The maximum absolute atomic E-state index is 12.3. The third kappa shape index (κ3) is 2.08. The number of nitrogens with one attached hydrogen (secondary N) is 1. The molecule has 0 amide bonds. The van der Waals surface area contributed by atoms with E-state index >= 15 is 0 Å². The molecule has 0 aliphatic heterocycles. The van der Waals surface area contributed by atoms with Crippen LogP contribution in [0.15, 0.2) is 28.9 Å². The number of hydrogen-bond donors (Lipinski definition) is 1. The van der Waals surface area contributed by atoms with Gasteiger partial charge in [0.05, 0.1) is 5.56 Å². The van der Waals surface area contributed by atoms with Gasteiger partial charge in [-0.25, -0.2) is 0 Å². The molecular weight excluding hydrogens is 287 g/mol. The molecule has 7 heteroatoms. The van der Waals surface area contributed by atoms with Crippen molar-refractivity contribution in [2.75, 3.05) is 0 Å². The first-order chi connectivity index (χ1) is 7.48. The van der Waals surface area contributed by atoms with Crippen LogP contribution in [-0.4, -0.2) is 15.4 Å². The molecular formula is C9H5BrF3N3. The van der Waals surface area contributed by atoms with E-state index in [1.165, 1.54) is 12.1 Å². The van der Waals surface area contributed by atoms with Crippen molar-refractivity contribution in [3.63, 3.8) is 0 Å². The Labute approximate surface area is 96.8 Å². The largest absolute Gasteiger partial charge is 0.416 e. The number of nitrogens with zero attached hydrogens (tertiary/aromatic N) is 2. The highest BCUT2D eigenvalue weighted by Gasteiger charge is 2.30. The molecule has 1 N–H and O–H groups in total. The van der Waals surface area contributed by atoms with E-state index in [2.05, 4.69) is 31.3 Å². The van der Waals surface area contributed by atoms with E-state index in [1.807, 2.05) is 0 Å². The zero-order valence-electron chi connectivity index (χ0n) is 7.72. The minimum absolute atomic E-state index is 0.465. The molecule has 0 fully saturated rings. The fraction of sp³-hybridized carbons (Fsp3) is 0.111. The van der Waals surface area contributed by atoms with E-state index in [0.29, 0.717) is 15.9 Å². The molecule has 0 radical (unpaired) electrons. The van der Waals surface area contributed by atoms with Crippen LogP contribution >= 0.6 is 15.9 Å². The average Bonchev–Trinajstić information content (AvgIpc) is 2.63. The Hall–Kier alpha value is -1.37. The fourth-order valence-electron chi connectivity index (χ4n) is 1.22. The van der Waals surface area contributed by atoms with Gasteiger partial charge in [0.2, 0.25) is 0 Å². The summed E-state index contributed by atoms with van der Waals surface area (Å²) in [6.07, 6.45) is -4.32. The SMILES string of the molecule is FC(F)(F)c1ccc(-c2n[nH]nc2Br)cc1. The molecule has 0 saturated heterocycles. The number of hydrogen-bond acceptors (Lipinski definition) is 2. The van der Waals surface area contributed by atoms with Crippen molar-refractivity contribution in [1.82, 2.24) is 15.4 Å². The minimum Gasteiger partial charge on any atom is -0.196 e. The summed E-state index contributed by atoms with van der Waals surface area (Å²) in [4.78, 5) is 0. The second kappa shape index (κ2) is 3.89. The van der Waals surface area contributed by atoms with Gasteiger partial charge in [-0.2, -0.15) is 23.5 Å². The summed E-state index contributed by atoms with van der Waals surface area (Å²) >= 11 is 3.13. The van der Waals surface area contributed by atoms with Gasteiger partial charge in [0.25, 0.3) is 0 Å². The number of alkyl halides is 3. The molecule has 1 aromatic heterocycles. The lowest BCUT2D eigenvalue weighted by Crippen LogP contribution is -2.04. The molecule has 1 heterocycles. The highest BCUT2D eigenvalue weighted by molar-refractivity contribution is 9.10. The van der Waals surface area contributed by atoms with Crippen LogP contribution in [0.25, 0.3) is 11.3 Å². The van der Waals surface area contributed by atoms with Crippen molar-refractivity contribution in [3.8, 4) is 11.3 Å². The quantitative estimate of drug-likeness (QED) is 0.876. The minimum atomic E-state index is -4.32. The Kier molecular flexibility index (Phi) is 2.71. The maximum atomic E-state index is 12.3. The Morgan fingerprint density at radius 1 is 1.06 bits per heavy atom. The molecule has 3 nitrogen and oxygen atoms in total. The highest BCUT2D eigenvalue weighted by atomic mass is 79.9. The first-order valence-corrected chi connectivity index (χ1v) is 5.01. The molecule has 2 aromatic rings. The van der Waals surface area contributed by atoms with E-state index in [1.54, 1.807) is 0 Å². The van der Waals surface area contributed by atoms with Crippen molar-refractivity contribution < 1.29 is 13.2 Å². The molecule has 16 heavy (non-hydrogen) atoms. The molecule has 0 bridgehead atoms. The predicted octanol–water partition coefficient (Wildman–Crippen LogP) is 3.25.